The predicted octanol–water partition coefficient (Wildman–Crippen LogP) is 2.46. The minimum Gasteiger partial charge on any atom is -0.460 e. The molecular weight excluding hydrogens is 348 g/mol. The van der Waals surface area contributed by atoms with Gasteiger partial charge in [-0.15, -0.1) is 0 Å². The molecule has 0 atom stereocenters. The van der Waals surface area contributed by atoms with Crippen LogP contribution in [0.3, 0.4) is 0 Å². The summed E-state index contributed by atoms with van der Waals surface area (Å²) < 4.78 is 9.71. The molecule has 2 rings (SSSR count). The molecule has 132 valence electrons. The number of rotatable bonds is 5. The van der Waals surface area contributed by atoms with E-state index in [1.807, 2.05) is 0 Å². The first-order valence-electron chi connectivity index (χ1n) is 7.50. The molecule has 1 aromatic heterocycles. The molecule has 0 unspecified atom stereocenters. The number of nitrogens with two attached hydrogens (primary N) is 1. The average Bonchev–Trinajstić information content (AvgIpc) is 3.00. The van der Waals surface area contributed by atoms with Gasteiger partial charge in [-0.05, 0) is 26.0 Å². The van der Waals surface area contributed by atoms with Crippen LogP contribution in [0.2, 0.25) is 5.02 Å². The van der Waals surface area contributed by atoms with Crippen LogP contribution in [0.4, 0.5) is 5.82 Å². The van der Waals surface area contributed by atoms with Crippen molar-refractivity contribution >= 4 is 35.2 Å². The van der Waals surface area contributed by atoms with E-state index in [-0.39, 0.29) is 30.7 Å². The van der Waals surface area contributed by atoms with E-state index in [0.717, 1.165) is 0 Å². The Morgan fingerprint density at radius 3 is 2.44 bits per heavy atom. The Hall–Kier alpha value is -2.87. The lowest BCUT2D eigenvalue weighted by atomic mass is 10.1. The second kappa shape index (κ2) is 8.29. The third-order valence-electron chi connectivity index (χ3n) is 3.00. The summed E-state index contributed by atoms with van der Waals surface area (Å²) in [7, 11) is 0. The van der Waals surface area contributed by atoms with E-state index in [1.54, 1.807) is 38.1 Å². The fourth-order valence-corrected chi connectivity index (χ4v) is 2.05. The predicted molar refractivity (Wildman–Crippen MR) is 92.9 cm³/mol. The van der Waals surface area contributed by atoms with Crippen LogP contribution < -0.4 is 5.73 Å². The van der Waals surface area contributed by atoms with Gasteiger partial charge in [0.2, 0.25) is 11.7 Å². The van der Waals surface area contributed by atoms with E-state index in [9.17, 15) is 9.59 Å². The van der Waals surface area contributed by atoms with Crippen LogP contribution in [-0.4, -0.2) is 41.0 Å². The smallest absolute Gasteiger partial charge is 0.374 e. The number of halogens is 1. The molecule has 1 heterocycles. The molecule has 0 aliphatic rings. The molecule has 0 radical (unpaired) electrons. The standard InChI is InChI=1S/C16H17ClN4O4/c1-3-24-15(22)12(18)20-13-11(9-5-7-10(17)8-6-9)19-14(21-13)16(23)25-4-2/h5-8H,3-4H2,1-2H3,(H2,18,20)(H,19,21). The molecule has 25 heavy (non-hydrogen) atoms. The van der Waals surface area contributed by atoms with Crippen LogP contribution in [0, 0.1) is 0 Å². The van der Waals surface area contributed by atoms with Gasteiger partial charge in [0, 0.05) is 10.6 Å². The summed E-state index contributed by atoms with van der Waals surface area (Å²) in [6, 6.07) is 6.77. The quantitative estimate of drug-likeness (QED) is 0.477. The topological polar surface area (TPSA) is 120 Å². The number of amidine groups is 1. The van der Waals surface area contributed by atoms with Crippen molar-refractivity contribution in [3.8, 4) is 11.3 Å². The number of hydrogen-bond donors (Lipinski definition) is 2. The SMILES string of the molecule is CCOC(=O)/C(N)=N/c1nc(C(=O)OCC)[nH]c1-c1ccc(Cl)cc1. The number of imidazole rings is 1. The molecule has 0 aliphatic heterocycles. The number of esters is 2. The van der Waals surface area contributed by atoms with Crippen molar-refractivity contribution in [1.29, 1.82) is 0 Å². The van der Waals surface area contributed by atoms with Gasteiger partial charge in [-0.25, -0.2) is 19.6 Å². The number of H-pyrrole nitrogens is 1. The third kappa shape index (κ3) is 4.57. The Kier molecular flexibility index (Phi) is 6.13. The van der Waals surface area contributed by atoms with Gasteiger partial charge in [0.05, 0.1) is 18.9 Å². The van der Waals surface area contributed by atoms with Crippen LogP contribution in [0.25, 0.3) is 11.3 Å². The lowest BCUT2D eigenvalue weighted by molar-refractivity contribution is -0.135. The molecular formula is C16H17ClN4O4. The monoisotopic (exact) mass is 364 g/mol. The highest BCUT2D eigenvalue weighted by Crippen LogP contribution is 2.29. The molecule has 0 spiro atoms. The summed E-state index contributed by atoms with van der Waals surface area (Å²) in [4.78, 5) is 34.5. The first kappa shape index (κ1) is 18.5. The van der Waals surface area contributed by atoms with Crippen LogP contribution >= 0.6 is 11.6 Å². The molecule has 1 aromatic carbocycles. The summed E-state index contributed by atoms with van der Waals surface area (Å²) in [5, 5.41) is 0.546. The summed E-state index contributed by atoms with van der Waals surface area (Å²) >= 11 is 5.89. The Bertz CT molecular complexity index is 799. The Labute approximate surface area is 149 Å². The molecule has 0 amide bonds. The largest absolute Gasteiger partial charge is 0.460 e. The molecule has 0 aliphatic carbocycles. The molecule has 2 aromatic rings. The lowest BCUT2D eigenvalue weighted by Gasteiger charge is -2.02. The normalized spacial score (nSPS) is 11.2. The highest BCUT2D eigenvalue weighted by molar-refractivity contribution is 6.35. The zero-order chi connectivity index (χ0) is 18.4. The molecule has 0 fully saturated rings. The maximum absolute atomic E-state index is 11.9. The Morgan fingerprint density at radius 2 is 1.84 bits per heavy atom. The number of benzene rings is 1. The zero-order valence-electron chi connectivity index (χ0n) is 13.7. The number of aromatic nitrogens is 2. The van der Waals surface area contributed by atoms with E-state index < -0.39 is 11.9 Å². The van der Waals surface area contributed by atoms with Crippen molar-refractivity contribution in [2.24, 2.45) is 10.7 Å². The maximum atomic E-state index is 11.9. The van der Waals surface area contributed by atoms with Gasteiger partial charge >= 0.3 is 11.9 Å². The molecule has 8 nitrogen and oxygen atoms in total. The van der Waals surface area contributed by atoms with Gasteiger partial charge in [0.25, 0.3) is 0 Å². The maximum Gasteiger partial charge on any atom is 0.374 e. The minimum absolute atomic E-state index is 0.0535. The van der Waals surface area contributed by atoms with Crippen molar-refractivity contribution in [3.63, 3.8) is 0 Å². The van der Waals surface area contributed by atoms with E-state index in [2.05, 4.69) is 15.0 Å². The van der Waals surface area contributed by atoms with Crippen molar-refractivity contribution in [2.45, 2.75) is 13.8 Å². The number of carbonyl (C=O) groups is 2. The second-order valence-corrected chi connectivity index (χ2v) is 5.17. The summed E-state index contributed by atoms with van der Waals surface area (Å²) in [5.41, 5.74) is 6.69. The van der Waals surface area contributed by atoms with Gasteiger partial charge in [-0.3, -0.25) is 0 Å². The molecule has 0 saturated carbocycles. The number of aliphatic imine (C=N–C) groups is 1. The first-order valence-corrected chi connectivity index (χ1v) is 7.88. The highest BCUT2D eigenvalue weighted by atomic mass is 35.5. The summed E-state index contributed by atoms with van der Waals surface area (Å²) in [5.74, 6) is -1.78. The number of hydrogen-bond acceptors (Lipinski definition) is 6. The summed E-state index contributed by atoms with van der Waals surface area (Å²) in [6.07, 6.45) is 0. The molecule has 0 saturated heterocycles. The average molecular weight is 365 g/mol. The zero-order valence-corrected chi connectivity index (χ0v) is 14.5. The van der Waals surface area contributed by atoms with E-state index in [4.69, 9.17) is 26.8 Å². The number of nitrogens with one attached hydrogen (secondary N) is 1. The summed E-state index contributed by atoms with van der Waals surface area (Å²) in [6.45, 7) is 3.68. The number of ether oxygens (including phenoxy) is 2. The lowest BCUT2D eigenvalue weighted by Crippen LogP contribution is -2.25. The van der Waals surface area contributed by atoms with Crippen molar-refractivity contribution < 1.29 is 19.1 Å². The van der Waals surface area contributed by atoms with Gasteiger partial charge in [0.1, 0.15) is 0 Å². The number of carbonyl (C=O) groups excluding carboxylic acids is 2. The molecule has 0 bridgehead atoms. The van der Waals surface area contributed by atoms with Crippen LogP contribution in [0.15, 0.2) is 29.3 Å². The van der Waals surface area contributed by atoms with Gasteiger partial charge in [-0.1, -0.05) is 23.7 Å². The molecule has 9 heteroatoms. The van der Waals surface area contributed by atoms with E-state index in [0.29, 0.717) is 16.3 Å². The fraction of sp³-hybridized carbons (Fsp3) is 0.250. The Balaban J connectivity index is 2.48. The minimum atomic E-state index is -0.773. The third-order valence-corrected chi connectivity index (χ3v) is 3.25. The van der Waals surface area contributed by atoms with Crippen LogP contribution in [-0.2, 0) is 14.3 Å². The van der Waals surface area contributed by atoms with E-state index >= 15 is 0 Å². The van der Waals surface area contributed by atoms with Crippen LogP contribution in [0.5, 0.6) is 0 Å². The van der Waals surface area contributed by atoms with Crippen molar-refractivity contribution in [2.75, 3.05) is 13.2 Å². The fourth-order valence-electron chi connectivity index (χ4n) is 1.92. The second-order valence-electron chi connectivity index (χ2n) is 4.73. The van der Waals surface area contributed by atoms with Gasteiger partial charge in [0.15, 0.2) is 5.82 Å². The van der Waals surface area contributed by atoms with E-state index in [1.165, 1.54) is 0 Å². The van der Waals surface area contributed by atoms with Gasteiger partial charge < -0.3 is 20.2 Å². The number of aromatic amines is 1. The number of nitrogens with zero attached hydrogens (tertiary/aromatic N) is 2. The van der Waals surface area contributed by atoms with Crippen molar-refractivity contribution in [3.05, 3.63) is 35.1 Å². The highest BCUT2D eigenvalue weighted by Gasteiger charge is 2.19. The molecule has 3 N–H and O–H groups in total. The van der Waals surface area contributed by atoms with Crippen LogP contribution in [0.1, 0.15) is 24.5 Å². The first-order chi connectivity index (χ1) is 12.0. The van der Waals surface area contributed by atoms with Gasteiger partial charge in [-0.2, -0.15) is 0 Å². The van der Waals surface area contributed by atoms with Crippen molar-refractivity contribution in [1.82, 2.24) is 9.97 Å². The Morgan fingerprint density at radius 1 is 1.20 bits per heavy atom.